The Hall–Kier alpha value is -1.85. The molecule has 0 atom stereocenters. The zero-order valence-electron chi connectivity index (χ0n) is 12.4. The Balaban J connectivity index is 1.78. The second-order valence-corrected chi connectivity index (χ2v) is 5.90. The third-order valence-electron chi connectivity index (χ3n) is 4.06. The highest BCUT2D eigenvalue weighted by Crippen LogP contribution is 2.25. The van der Waals surface area contributed by atoms with Gasteiger partial charge in [-0.2, -0.15) is 5.10 Å². The van der Waals surface area contributed by atoms with Crippen LogP contribution < -0.4 is 0 Å². The minimum Gasteiger partial charge on any atom is -0.478 e. The Morgan fingerprint density at radius 3 is 2.95 bits per heavy atom. The van der Waals surface area contributed by atoms with E-state index in [1.807, 2.05) is 29.9 Å². The highest BCUT2D eigenvalue weighted by atomic mass is 35.5. The quantitative estimate of drug-likeness (QED) is 0.941. The van der Waals surface area contributed by atoms with Crippen molar-refractivity contribution in [3.8, 4) is 0 Å². The zero-order valence-corrected chi connectivity index (χ0v) is 13.2. The minimum atomic E-state index is -0.852. The summed E-state index contributed by atoms with van der Waals surface area (Å²) in [6.07, 6.45) is 2.58. The smallest absolute Gasteiger partial charge is 0.335 e. The summed E-state index contributed by atoms with van der Waals surface area (Å²) in [5, 5.41) is 14.4. The van der Waals surface area contributed by atoms with Gasteiger partial charge in [0.25, 0.3) is 0 Å². The van der Waals surface area contributed by atoms with Gasteiger partial charge in [0, 0.05) is 32.4 Å². The monoisotopic (exact) mass is 319 g/mol. The highest BCUT2D eigenvalue weighted by Gasteiger charge is 2.22. The number of carboxylic acids is 1. The number of nitrogens with zero attached hydrogens (tertiary/aromatic N) is 3. The SMILES string of the molecule is CCn1cc(Cl)c(CN2CCc3c(cccc3C(=O)O)C2)n1. The lowest BCUT2D eigenvalue weighted by molar-refractivity contribution is 0.0694. The summed E-state index contributed by atoms with van der Waals surface area (Å²) in [7, 11) is 0. The lowest BCUT2D eigenvalue weighted by Crippen LogP contribution is -2.31. The Morgan fingerprint density at radius 2 is 2.27 bits per heavy atom. The summed E-state index contributed by atoms with van der Waals surface area (Å²) >= 11 is 6.22. The van der Waals surface area contributed by atoms with Crippen molar-refractivity contribution >= 4 is 17.6 Å². The summed E-state index contributed by atoms with van der Waals surface area (Å²) in [5.41, 5.74) is 3.33. The molecule has 2 heterocycles. The molecule has 0 unspecified atom stereocenters. The molecule has 0 spiro atoms. The van der Waals surface area contributed by atoms with Crippen LogP contribution in [-0.2, 0) is 26.1 Å². The zero-order chi connectivity index (χ0) is 15.7. The van der Waals surface area contributed by atoms with Gasteiger partial charge in [-0.25, -0.2) is 4.79 Å². The van der Waals surface area contributed by atoms with Gasteiger partial charge in [-0.05, 0) is 30.5 Å². The van der Waals surface area contributed by atoms with Gasteiger partial charge in [0.15, 0.2) is 0 Å². The Morgan fingerprint density at radius 1 is 1.45 bits per heavy atom. The molecule has 2 aromatic rings. The first kappa shape index (κ1) is 15.1. The van der Waals surface area contributed by atoms with Crippen LogP contribution in [0.4, 0.5) is 0 Å². The van der Waals surface area contributed by atoms with Crippen molar-refractivity contribution in [2.24, 2.45) is 0 Å². The first-order chi connectivity index (χ1) is 10.6. The Kier molecular flexibility index (Phi) is 4.18. The van der Waals surface area contributed by atoms with Crippen LogP contribution in [0.15, 0.2) is 24.4 Å². The minimum absolute atomic E-state index is 0.422. The van der Waals surface area contributed by atoms with Gasteiger partial charge >= 0.3 is 5.97 Å². The first-order valence-electron chi connectivity index (χ1n) is 7.36. The van der Waals surface area contributed by atoms with E-state index in [0.29, 0.717) is 17.1 Å². The average Bonchev–Trinajstić information content (AvgIpc) is 2.86. The number of aryl methyl sites for hydroxylation is 1. The fraction of sp³-hybridized carbons (Fsp3) is 0.375. The Bertz CT molecular complexity index is 711. The lowest BCUT2D eigenvalue weighted by atomic mass is 9.94. The second-order valence-electron chi connectivity index (χ2n) is 5.49. The van der Waals surface area contributed by atoms with Gasteiger partial charge < -0.3 is 5.11 Å². The molecule has 0 saturated heterocycles. The maximum Gasteiger partial charge on any atom is 0.335 e. The molecule has 0 radical (unpaired) electrons. The van der Waals surface area contributed by atoms with Gasteiger partial charge in [-0.3, -0.25) is 9.58 Å². The van der Waals surface area contributed by atoms with Crippen LogP contribution in [0.2, 0.25) is 5.02 Å². The predicted molar refractivity (Wildman–Crippen MR) is 84.1 cm³/mol. The highest BCUT2D eigenvalue weighted by molar-refractivity contribution is 6.31. The van der Waals surface area contributed by atoms with Gasteiger partial charge in [0.1, 0.15) is 0 Å². The third kappa shape index (κ3) is 2.87. The van der Waals surface area contributed by atoms with Crippen LogP contribution in [0.1, 0.15) is 34.1 Å². The number of hydrogen-bond acceptors (Lipinski definition) is 3. The molecule has 0 amide bonds. The third-order valence-corrected chi connectivity index (χ3v) is 4.38. The van der Waals surface area contributed by atoms with Crippen molar-refractivity contribution in [1.29, 1.82) is 0 Å². The molecule has 1 aromatic carbocycles. The molecule has 1 aliphatic rings. The van der Waals surface area contributed by atoms with E-state index in [9.17, 15) is 9.90 Å². The number of aromatic carboxylic acids is 1. The summed E-state index contributed by atoms with van der Waals surface area (Å²) in [4.78, 5) is 13.5. The van der Waals surface area contributed by atoms with E-state index in [-0.39, 0.29) is 0 Å². The number of carbonyl (C=O) groups is 1. The molecule has 0 saturated carbocycles. The van der Waals surface area contributed by atoms with Crippen molar-refractivity contribution in [1.82, 2.24) is 14.7 Å². The van der Waals surface area contributed by atoms with Gasteiger partial charge in [-0.15, -0.1) is 0 Å². The van der Waals surface area contributed by atoms with Gasteiger partial charge in [0.05, 0.1) is 16.3 Å². The van der Waals surface area contributed by atoms with Crippen molar-refractivity contribution in [3.05, 3.63) is 51.8 Å². The topological polar surface area (TPSA) is 58.4 Å². The molecule has 6 heteroatoms. The van der Waals surface area contributed by atoms with Crippen molar-refractivity contribution in [2.45, 2.75) is 33.0 Å². The van der Waals surface area contributed by atoms with Crippen LogP contribution in [0.5, 0.6) is 0 Å². The average molecular weight is 320 g/mol. The number of benzene rings is 1. The van der Waals surface area contributed by atoms with E-state index < -0.39 is 5.97 Å². The second kappa shape index (κ2) is 6.10. The van der Waals surface area contributed by atoms with Crippen LogP contribution in [0, 0.1) is 0 Å². The lowest BCUT2D eigenvalue weighted by Gasteiger charge is -2.29. The molecule has 3 rings (SSSR count). The summed E-state index contributed by atoms with van der Waals surface area (Å²) in [6.45, 7) is 5.04. The van der Waals surface area contributed by atoms with Gasteiger partial charge in [0.2, 0.25) is 0 Å². The van der Waals surface area contributed by atoms with Crippen LogP contribution in [0.25, 0.3) is 0 Å². The van der Waals surface area contributed by atoms with Crippen LogP contribution in [-0.4, -0.2) is 32.3 Å². The van der Waals surface area contributed by atoms with E-state index in [0.717, 1.165) is 42.9 Å². The Labute approximate surface area is 134 Å². The van der Waals surface area contributed by atoms with Crippen LogP contribution in [0.3, 0.4) is 0 Å². The van der Waals surface area contributed by atoms with Crippen molar-refractivity contribution in [3.63, 3.8) is 0 Å². The fourth-order valence-electron chi connectivity index (χ4n) is 2.92. The van der Waals surface area contributed by atoms with E-state index in [4.69, 9.17) is 11.6 Å². The summed E-state index contributed by atoms with van der Waals surface area (Å²) in [5.74, 6) is -0.852. The molecule has 1 aliphatic heterocycles. The molecular weight excluding hydrogens is 302 g/mol. The normalized spacial score (nSPS) is 14.8. The number of aromatic nitrogens is 2. The fourth-order valence-corrected chi connectivity index (χ4v) is 3.13. The van der Waals surface area contributed by atoms with Crippen molar-refractivity contribution < 1.29 is 9.90 Å². The number of halogens is 1. The molecule has 1 aromatic heterocycles. The van der Waals surface area contributed by atoms with E-state index >= 15 is 0 Å². The van der Waals surface area contributed by atoms with Crippen LogP contribution >= 0.6 is 11.6 Å². The molecule has 22 heavy (non-hydrogen) atoms. The largest absolute Gasteiger partial charge is 0.478 e. The number of rotatable bonds is 4. The molecule has 1 N–H and O–H groups in total. The van der Waals surface area contributed by atoms with E-state index in [1.54, 1.807) is 6.07 Å². The molecular formula is C16H18ClN3O2. The van der Waals surface area contributed by atoms with Gasteiger partial charge in [-0.1, -0.05) is 23.7 Å². The number of fused-ring (bicyclic) bond motifs is 1. The molecule has 0 aliphatic carbocycles. The molecule has 0 bridgehead atoms. The van der Waals surface area contributed by atoms with Crippen molar-refractivity contribution in [2.75, 3.05) is 6.54 Å². The predicted octanol–water partition coefficient (Wildman–Crippen LogP) is 2.81. The summed E-state index contributed by atoms with van der Waals surface area (Å²) in [6, 6.07) is 5.49. The van der Waals surface area contributed by atoms with E-state index in [1.165, 1.54) is 0 Å². The maximum absolute atomic E-state index is 11.3. The molecule has 0 fully saturated rings. The van der Waals surface area contributed by atoms with E-state index in [2.05, 4.69) is 10.00 Å². The number of hydrogen-bond donors (Lipinski definition) is 1. The molecule has 116 valence electrons. The number of carboxylic acid groups (broad SMARTS) is 1. The molecule has 5 nitrogen and oxygen atoms in total. The maximum atomic E-state index is 11.3. The standard InChI is InChI=1S/C16H18ClN3O2/c1-2-20-9-14(17)15(18-20)10-19-7-6-12-11(8-19)4-3-5-13(12)16(21)22/h3-5,9H,2,6-8,10H2,1H3,(H,21,22). The summed E-state index contributed by atoms with van der Waals surface area (Å²) < 4.78 is 1.83. The first-order valence-corrected chi connectivity index (χ1v) is 7.74.